The van der Waals surface area contributed by atoms with Crippen LogP contribution in [0, 0.1) is 11.8 Å². The van der Waals surface area contributed by atoms with E-state index in [2.05, 4.69) is 16.3 Å². The fourth-order valence-corrected chi connectivity index (χ4v) is 5.35. The molecule has 6 unspecified atom stereocenters. The first kappa shape index (κ1) is 16.6. The predicted molar refractivity (Wildman–Crippen MR) is 91.2 cm³/mol. The number of aliphatic hydroxyl groups excluding tert-OH is 1. The Morgan fingerprint density at radius 2 is 2.08 bits per heavy atom. The molecule has 0 spiro atoms. The Labute approximate surface area is 144 Å². The number of methoxy groups -OCH3 is 1. The minimum absolute atomic E-state index is 0.0539. The molecule has 0 aromatic rings. The van der Waals surface area contributed by atoms with Gasteiger partial charge in [0, 0.05) is 19.7 Å². The first-order chi connectivity index (χ1) is 11.7. The van der Waals surface area contributed by atoms with Gasteiger partial charge < -0.3 is 15.2 Å². The van der Waals surface area contributed by atoms with E-state index >= 15 is 0 Å². The Balaban J connectivity index is 1.48. The first-order valence-electron chi connectivity index (χ1n) is 9.65. The maximum atomic E-state index is 12.5. The lowest BCUT2D eigenvalue weighted by Crippen LogP contribution is -2.61. The van der Waals surface area contributed by atoms with Crippen molar-refractivity contribution in [3.8, 4) is 0 Å². The van der Waals surface area contributed by atoms with E-state index in [9.17, 15) is 9.90 Å². The molecule has 24 heavy (non-hydrogen) atoms. The number of nitrogens with one attached hydrogen (secondary N) is 1. The van der Waals surface area contributed by atoms with Crippen LogP contribution in [0.1, 0.15) is 51.4 Å². The number of carbonyl (C=O) groups is 1. The molecule has 2 saturated carbocycles. The van der Waals surface area contributed by atoms with Crippen molar-refractivity contribution in [2.45, 2.75) is 75.8 Å². The highest BCUT2D eigenvalue weighted by molar-refractivity contribution is 5.81. The lowest BCUT2D eigenvalue weighted by atomic mass is 9.81. The molecule has 4 fully saturated rings. The van der Waals surface area contributed by atoms with Crippen molar-refractivity contribution in [3.63, 3.8) is 0 Å². The van der Waals surface area contributed by atoms with Crippen LogP contribution >= 0.6 is 0 Å². The molecule has 0 radical (unpaired) electrons. The van der Waals surface area contributed by atoms with Crippen LogP contribution in [-0.2, 0) is 9.53 Å². The van der Waals surface area contributed by atoms with Crippen molar-refractivity contribution in [3.05, 3.63) is 11.6 Å². The summed E-state index contributed by atoms with van der Waals surface area (Å²) in [6.07, 6.45) is 10.5. The van der Waals surface area contributed by atoms with E-state index in [0.29, 0.717) is 12.0 Å². The van der Waals surface area contributed by atoms with E-state index in [0.717, 1.165) is 38.6 Å². The zero-order valence-electron chi connectivity index (χ0n) is 14.6. The van der Waals surface area contributed by atoms with Gasteiger partial charge in [0.1, 0.15) is 6.17 Å². The topological polar surface area (TPSA) is 61.8 Å². The van der Waals surface area contributed by atoms with Crippen molar-refractivity contribution < 1.29 is 14.6 Å². The smallest absolute Gasteiger partial charge is 0.226 e. The molecule has 2 saturated heterocycles. The maximum Gasteiger partial charge on any atom is 0.226 e. The summed E-state index contributed by atoms with van der Waals surface area (Å²) in [6, 6.07) is 0.448. The Morgan fingerprint density at radius 3 is 2.92 bits per heavy atom. The van der Waals surface area contributed by atoms with Gasteiger partial charge in [0.2, 0.25) is 5.91 Å². The molecule has 0 bridgehead atoms. The van der Waals surface area contributed by atoms with Crippen LogP contribution in [0.4, 0.5) is 0 Å². The third-order valence-corrected chi connectivity index (χ3v) is 6.66. The normalized spacial score (nSPS) is 44.9. The second-order valence-electron chi connectivity index (χ2n) is 8.01. The van der Waals surface area contributed by atoms with Crippen molar-refractivity contribution in [1.82, 2.24) is 10.2 Å². The van der Waals surface area contributed by atoms with Gasteiger partial charge in [-0.05, 0) is 50.0 Å². The summed E-state index contributed by atoms with van der Waals surface area (Å²) < 4.78 is 5.43. The average Bonchev–Trinajstić information content (AvgIpc) is 3.00. The van der Waals surface area contributed by atoms with E-state index in [1.54, 1.807) is 7.11 Å². The van der Waals surface area contributed by atoms with Crippen molar-refractivity contribution in [2.75, 3.05) is 13.7 Å². The van der Waals surface area contributed by atoms with Crippen LogP contribution in [0.25, 0.3) is 0 Å². The highest BCUT2D eigenvalue weighted by Crippen LogP contribution is 2.39. The van der Waals surface area contributed by atoms with Gasteiger partial charge in [-0.3, -0.25) is 9.69 Å². The van der Waals surface area contributed by atoms with Gasteiger partial charge in [-0.15, -0.1) is 0 Å². The molecule has 6 atom stereocenters. The van der Waals surface area contributed by atoms with Crippen molar-refractivity contribution in [1.29, 1.82) is 0 Å². The van der Waals surface area contributed by atoms with Crippen LogP contribution < -0.4 is 5.32 Å². The molecule has 2 aliphatic heterocycles. The summed E-state index contributed by atoms with van der Waals surface area (Å²) in [5, 5.41) is 13.3. The van der Waals surface area contributed by atoms with Crippen LogP contribution in [0.3, 0.4) is 0 Å². The molecule has 134 valence electrons. The van der Waals surface area contributed by atoms with Crippen molar-refractivity contribution in [2.24, 2.45) is 11.8 Å². The zero-order chi connectivity index (χ0) is 16.7. The number of nitrogens with zero attached hydrogens (tertiary/aromatic N) is 1. The van der Waals surface area contributed by atoms with Crippen LogP contribution in [0.15, 0.2) is 11.6 Å². The standard InChI is InChI=1S/C19H30N2O3/c1-24-17-11-12(6-7-16(17)22)10-13-8-9-21-15-5-3-2-4-14(15)19(23)20-18(13)21/h10,12,14-18,22H,2-9,11H2,1H3,(H,20,23)/b13-10+. The minimum atomic E-state index is -0.331. The number of hydrogen-bond donors (Lipinski definition) is 2. The number of allylic oxidation sites excluding steroid dienone is 1. The molecule has 4 aliphatic rings. The monoisotopic (exact) mass is 334 g/mol. The molecule has 0 aromatic heterocycles. The van der Waals surface area contributed by atoms with E-state index < -0.39 is 0 Å². The molecule has 5 nitrogen and oxygen atoms in total. The van der Waals surface area contributed by atoms with E-state index in [1.807, 2.05) is 0 Å². The minimum Gasteiger partial charge on any atom is -0.390 e. The van der Waals surface area contributed by atoms with Gasteiger partial charge in [0.15, 0.2) is 0 Å². The fourth-order valence-electron chi connectivity index (χ4n) is 5.35. The summed E-state index contributed by atoms with van der Waals surface area (Å²) >= 11 is 0. The van der Waals surface area contributed by atoms with Gasteiger partial charge in [0.25, 0.3) is 0 Å². The zero-order valence-corrected chi connectivity index (χ0v) is 14.6. The number of fused-ring (bicyclic) bond motifs is 3. The molecule has 4 rings (SSSR count). The Bertz CT molecular complexity index is 521. The lowest BCUT2D eigenvalue weighted by molar-refractivity contribution is -0.135. The molecular formula is C19H30N2O3. The Kier molecular flexibility index (Phi) is 4.67. The highest BCUT2D eigenvalue weighted by Gasteiger charge is 2.46. The van der Waals surface area contributed by atoms with Crippen LogP contribution in [0.2, 0.25) is 0 Å². The number of aliphatic hydroxyl groups is 1. The Hall–Kier alpha value is -0.910. The first-order valence-corrected chi connectivity index (χ1v) is 9.65. The maximum absolute atomic E-state index is 12.5. The number of ether oxygens (including phenoxy) is 1. The molecule has 2 N–H and O–H groups in total. The van der Waals surface area contributed by atoms with Crippen LogP contribution in [0.5, 0.6) is 0 Å². The van der Waals surface area contributed by atoms with Gasteiger partial charge >= 0.3 is 0 Å². The number of hydrogen-bond acceptors (Lipinski definition) is 4. The lowest BCUT2D eigenvalue weighted by Gasteiger charge is -2.45. The van der Waals surface area contributed by atoms with Crippen molar-refractivity contribution >= 4 is 5.91 Å². The summed E-state index contributed by atoms with van der Waals surface area (Å²) in [5.41, 5.74) is 1.38. The van der Waals surface area contributed by atoms with E-state index in [4.69, 9.17) is 4.74 Å². The fraction of sp³-hybridized carbons (Fsp3) is 0.842. The number of rotatable bonds is 2. The van der Waals surface area contributed by atoms with Gasteiger partial charge in [-0.25, -0.2) is 0 Å². The predicted octanol–water partition coefficient (Wildman–Crippen LogP) is 1.81. The quantitative estimate of drug-likeness (QED) is 0.756. The third-order valence-electron chi connectivity index (χ3n) is 6.66. The summed E-state index contributed by atoms with van der Waals surface area (Å²) in [4.78, 5) is 15.1. The van der Waals surface area contributed by atoms with E-state index in [-0.39, 0.29) is 30.2 Å². The van der Waals surface area contributed by atoms with Crippen LogP contribution in [-0.4, -0.2) is 54.0 Å². The molecule has 1 amide bonds. The molecular weight excluding hydrogens is 304 g/mol. The average molecular weight is 334 g/mol. The second-order valence-corrected chi connectivity index (χ2v) is 8.01. The van der Waals surface area contributed by atoms with Gasteiger partial charge in [0.05, 0.1) is 18.1 Å². The SMILES string of the molecule is COC1CC(/C=C2\CCN3C2NC(=O)C2CCCCC23)CCC1O. The highest BCUT2D eigenvalue weighted by atomic mass is 16.5. The molecule has 5 heteroatoms. The number of carbonyl (C=O) groups excluding carboxylic acids is 1. The summed E-state index contributed by atoms with van der Waals surface area (Å²) in [6.45, 7) is 1.07. The Morgan fingerprint density at radius 1 is 1.25 bits per heavy atom. The summed E-state index contributed by atoms with van der Waals surface area (Å²) in [7, 11) is 1.69. The summed E-state index contributed by atoms with van der Waals surface area (Å²) in [5.74, 6) is 0.925. The molecule has 0 aromatic carbocycles. The second kappa shape index (κ2) is 6.77. The van der Waals surface area contributed by atoms with Gasteiger partial charge in [-0.1, -0.05) is 18.9 Å². The largest absolute Gasteiger partial charge is 0.390 e. The third kappa shape index (κ3) is 2.91. The number of amides is 1. The van der Waals surface area contributed by atoms with E-state index in [1.165, 1.54) is 24.8 Å². The molecule has 2 heterocycles. The van der Waals surface area contributed by atoms with Gasteiger partial charge in [-0.2, -0.15) is 0 Å². The molecule has 2 aliphatic carbocycles.